The molecule has 0 spiro atoms. The number of fused-ring (bicyclic) bond motifs is 1. The summed E-state index contributed by atoms with van der Waals surface area (Å²) >= 11 is 0. The largest absolute Gasteiger partial charge is 0.493 e. The standard InChI is InChI=1S/C20H19NO6/c1-13(22)21-15-4-6-16(7-5-15)27-19(23)8-3-14-11-17(24-2)20-18(12-14)25-9-10-26-20/h3-8,11-12H,9-10H2,1-2H3,(H,21,22)/b8-3+. The van der Waals surface area contributed by atoms with Crippen LogP contribution in [0.4, 0.5) is 5.69 Å². The van der Waals surface area contributed by atoms with E-state index in [1.165, 1.54) is 13.0 Å². The Morgan fingerprint density at radius 1 is 1.11 bits per heavy atom. The van der Waals surface area contributed by atoms with Crippen molar-refractivity contribution in [2.75, 3.05) is 25.6 Å². The van der Waals surface area contributed by atoms with Gasteiger partial charge in [0.2, 0.25) is 11.7 Å². The first-order valence-corrected chi connectivity index (χ1v) is 8.30. The molecule has 7 nitrogen and oxygen atoms in total. The highest BCUT2D eigenvalue weighted by molar-refractivity contribution is 5.90. The van der Waals surface area contributed by atoms with Gasteiger partial charge in [0.15, 0.2) is 11.5 Å². The molecule has 0 aromatic heterocycles. The molecule has 27 heavy (non-hydrogen) atoms. The third-order valence-electron chi connectivity index (χ3n) is 3.66. The van der Waals surface area contributed by atoms with Crippen molar-refractivity contribution in [1.82, 2.24) is 0 Å². The number of carbonyl (C=O) groups is 2. The van der Waals surface area contributed by atoms with Crippen LogP contribution in [-0.4, -0.2) is 32.2 Å². The van der Waals surface area contributed by atoms with Crippen LogP contribution in [0.1, 0.15) is 12.5 Å². The summed E-state index contributed by atoms with van der Waals surface area (Å²) in [5, 5.41) is 2.64. The summed E-state index contributed by atoms with van der Waals surface area (Å²) < 4.78 is 21.7. The van der Waals surface area contributed by atoms with Crippen molar-refractivity contribution in [2.24, 2.45) is 0 Å². The van der Waals surface area contributed by atoms with Gasteiger partial charge < -0.3 is 24.3 Å². The van der Waals surface area contributed by atoms with E-state index >= 15 is 0 Å². The average molecular weight is 369 g/mol. The van der Waals surface area contributed by atoms with Gasteiger partial charge in [0, 0.05) is 18.7 Å². The number of nitrogens with one attached hydrogen (secondary N) is 1. The molecule has 3 rings (SSSR count). The first-order valence-electron chi connectivity index (χ1n) is 8.30. The van der Waals surface area contributed by atoms with E-state index in [1.54, 1.807) is 49.6 Å². The number of methoxy groups -OCH3 is 1. The van der Waals surface area contributed by atoms with E-state index < -0.39 is 5.97 Å². The molecule has 2 aromatic rings. The normalized spacial score (nSPS) is 12.5. The third kappa shape index (κ3) is 4.78. The molecule has 1 heterocycles. The predicted octanol–water partition coefficient (Wildman–Crippen LogP) is 3.04. The molecule has 140 valence electrons. The zero-order valence-electron chi connectivity index (χ0n) is 15.0. The van der Waals surface area contributed by atoms with Crippen molar-refractivity contribution in [3.8, 4) is 23.0 Å². The molecule has 0 unspecified atom stereocenters. The fraction of sp³-hybridized carbons (Fsp3) is 0.200. The van der Waals surface area contributed by atoms with E-state index in [0.717, 1.165) is 0 Å². The quantitative estimate of drug-likeness (QED) is 0.496. The topological polar surface area (TPSA) is 83.1 Å². The third-order valence-corrected chi connectivity index (χ3v) is 3.66. The lowest BCUT2D eigenvalue weighted by Crippen LogP contribution is -2.16. The van der Waals surface area contributed by atoms with Gasteiger partial charge in [0.25, 0.3) is 0 Å². The van der Waals surface area contributed by atoms with Crippen LogP contribution in [0, 0.1) is 0 Å². The summed E-state index contributed by atoms with van der Waals surface area (Å²) in [5.41, 5.74) is 1.34. The van der Waals surface area contributed by atoms with Crippen LogP contribution in [0.15, 0.2) is 42.5 Å². The van der Waals surface area contributed by atoms with Gasteiger partial charge >= 0.3 is 5.97 Å². The summed E-state index contributed by atoms with van der Waals surface area (Å²) in [6.45, 7) is 2.34. The number of anilines is 1. The molecule has 1 N–H and O–H groups in total. The number of carbonyl (C=O) groups excluding carboxylic acids is 2. The number of hydrogen-bond donors (Lipinski definition) is 1. The molecular formula is C20H19NO6. The Hall–Kier alpha value is -3.48. The molecule has 0 aliphatic carbocycles. The highest BCUT2D eigenvalue weighted by Gasteiger charge is 2.17. The summed E-state index contributed by atoms with van der Waals surface area (Å²) in [4.78, 5) is 23.0. The fourth-order valence-corrected chi connectivity index (χ4v) is 2.51. The number of hydrogen-bond acceptors (Lipinski definition) is 6. The van der Waals surface area contributed by atoms with Crippen LogP contribution in [0.5, 0.6) is 23.0 Å². The van der Waals surface area contributed by atoms with Crippen LogP contribution in [0.3, 0.4) is 0 Å². The lowest BCUT2D eigenvalue weighted by Gasteiger charge is -2.20. The van der Waals surface area contributed by atoms with Crippen molar-refractivity contribution >= 4 is 23.6 Å². The zero-order valence-corrected chi connectivity index (χ0v) is 15.0. The minimum Gasteiger partial charge on any atom is -0.493 e. The number of rotatable bonds is 5. The molecule has 1 aliphatic rings. The molecule has 7 heteroatoms. The molecule has 0 fully saturated rings. The van der Waals surface area contributed by atoms with Gasteiger partial charge in [-0.25, -0.2) is 4.79 Å². The van der Waals surface area contributed by atoms with Crippen molar-refractivity contribution < 1.29 is 28.5 Å². The Labute approximate surface area is 156 Å². The summed E-state index contributed by atoms with van der Waals surface area (Å²) in [7, 11) is 1.54. The van der Waals surface area contributed by atoms with Gasteiger partial charge in [-0.3, -0.25) is 4.79 Å². The molecule has 0 atom stereocenters. The Kier molecular flexibility index (Phi) is 5.61. The summed E-state index contributed by atoms with van der Waals surface area (Å²) in [6.07, 6.45) is 2.92. The Balaban J connectivity index is 1.67. The van der Waals surface area contributed by atoms with Crippen LogP contribution >= 0.6 is 0 Å². The van der Waals surface area contributed by atoms with Gasteiger partial charge in [0.05, 0.1) is 7.11 Å². The van der Waals surface area contributed by atoms with Crippen LogP contribution in [0.25, 0.3) is 6.08 Å². The molecule has 0 radical (unpaired) electrons. The SMILES string of the molecule is COc1cc(/C=C/C(=O)Oc2ccc(NC(C)=O)cc2)cc2c1OCCO2. The van der Waals surface area contributed by atoms with Crippen LogP contribution in [-0.2, 0) is 9.59 Å². The Morgan fingerprint density at radius 2 is 1.85 bits per heavy atom. The van der Waals surface area contributed by atoms with E-state index in [2.05, 4.69) is 5.32 Å². The minimum atomic E-state index is -0.531. The second-order valence-electron chi connectivity index (χ2n) is 5.71. The monoisotopic (exact) mass is 369 g/mol. The van der Waals surface area contributed by atoms with Gasteiger partial charge in [-0.05, 0) is 48.0 Å². The second kappa shape index (κ2) is 8.27. The molecular weight excluding hydrogens is 350 g/mol. The van der Waals surface area contributed by atoms with E-state index in [-0.39, 0.29) is 5.91 Å². The van der Waals surface area contributed by atoms with Gasteiger partial charge in [-0.1, -0.05) is 0 Å². The van der Waals surface area contributed by atoms with E-state index in [4.69, 9.17) is 18.9 Å². The van der Waals surface area contributed by atoms with E-state index in [1.807, 2.05) is 0 Å². The van der Waals surface area contributed by atoms with Crippen LogP contribution in [0.2, 0.25) is 0 Å². The molecule has 1 aliphatic heterocycles. The highest BCUT2D eigenvalue weighted by atomic mass is 16.6. The van der Waals surface area contributed by atoms with E-state index in [9.17, 15) is 9.59 Å². The number of esters is 1. The fourth-order valence-electron chi connectivity index (χ4n) is 2.51. The first-order chi connectivity index (χ1) is 13.0. The summed E-state index contributed by atoms with van der Waals surface area (Å²) in [5.74, 6) is 1.34. The molecule has 0 saturated carbocycles. The molecule has 1 amide bonds. The number of amides is 1. The zero-order chi connectivity index (χ0) is 19.2. The van der Waals surface area contributed by atoms with Crippen molar-refractivity contribution in [3.63, 3.8) is 0 Å². The lowest BCUT2D eigenvalue weighted by molar-refractivity contribution is -0.128. The Morgan fingerprint density at radius 3 is 2.56 bits per heavy atom. The lowest BCUT2D eigenvalue weighted by atomic mass is 10.1. The summed E-state index contributed by atoms with van der Waals surface area (Å²) in [6, 6.07) is 10.0. The van der Waals surface area contributed by atoms with Gasteiger partial charge in [0.1, 0.15) is 19.0 Å². The van der Waals surface area contributed by atoms with Crippen molar-refractivity contribution in [2.45, 2.75) is 6.92 Å². The maximum atomic E-state index is 12.0. The molecule has 0 saturated heterocycles. The molecule has 2 aromatic carbocycles. The van der Waals surface area contributed by atoms with Crippen molar-refractivity contribution in [3.05, 3.63) is 48.0 Å². The van der Waals surface area contributed by atoms with Crippen LogP contribution < -0.4 is 24.3 Å². The minimum absolute atomic E-state index is 0.169. The number of ether oxygens (including phenoxy) is 4. The number of benzene rings is 2. The van der Waals surface area contributed by atoms with Gasteiger partial charge in [-0.2, -0.15) is 0 Å². The highest BCUT2D eigenvalue weighted by Crippen LogP contribution is 2.40. The van der Waals surface area contributed by atoms with Crippen molar-refractivity contribution in [1.29, 1.82) is 0 Å². The molecule has 0 bridgehead atoms. The van der Waals surface area contributed by atoms with E-state index in [0.29, 0.717) is 47.5 Å². The maximum absolute atomic E-state index is 12.0. The maximum Gasteiger partial charge on any atom is 0.336 e. The Bertz CT molecular complexity index is 856. The average Bonchev–Trinajstić information content (AvgIpc) is 2.67. The smallest absolute Gasteiger partial charge is 0.336 e. The first kappa shape index (κ1) is 18.3. The van der Waals surface area contributed by atoms with Gasteiger partial charge in [-0.15, -0.1) is 0 Å². The second-order valence-corrected chi connectivity index (χ2v) is 5.71. The predicted molar refractivity (Wildman–Crippen MR) is 99.4 cm³/mol.